The van der Waals surface area contributed by atoms with Crippen molar-refractivity contribution in [3.8, 4) is 0 Å². The molecular weight excluding hydrogens is 325 g/mol. The maximum atomic E-state index is 12.5. The Morgan fingerprint density at radius 3 is 2.12 bits per heavy atom. The second-order valence-electron chi connectivity index (χ2n) is 5.51. The summed E-state index contributed by atoms with van der Waals surface area (Å²) in [5.74, 6) is -1.21. The predicted octanol–water partition coefficient (Wildman–Crippen LogP) is 2.36. The fourth-order valence-corrected chi connectivity index (χ4v) is 2.46. The number of halogens is 3. The zero-order valence-electron chi connectivity index (χ0n) is 13.1. The minimum absolute atomic E-state index is 0.0587. The van der Waals surface area contributed by atoms with Crippen LogP contribution in [0.15, 0.2) is 24.3 Å². The first-order chi connectivity index (χ1) is 11.2. The molecule has 0 aliphatic carbocycles. The Labute approximate surface area is 137 Å². The lowest BCUT2D eigenvalue weighted by atomic mass is 10.1. The van der Waals surface area contributed by atoms with Crippen molar-refractivity contribution in [3.63, 3.8) is 0 Å². The zero-order chi connectivity index (χ0) is 17.9. The molecular formula is C16H17F3N2O3. The van der Waals surface area contributed by atoms with E-state index in [2.05, 4.69) is 0 Å². The van der Waals surface area contributed by atoms with Crippen molar-refractivity contribution in [2.24, 2.45) is 0 Å². The third-order valence-corrected chi connectivity index (χ3v) is 3.74. The number of carbonyl (C=O) groups is 3. The van der Waals surface area contributed by atoms with Crippen LogP contribution in [-0.4, -0.2) is 46.8 Å². The van der Waals surface area contributed by atoms with Crippen LogP contribution < -0.4 is 0 Å². The van der Waals surface area contributed by atoms with Gasteiger partial charge in [0.1, 0.15) is 6.54 Å². The van der Waals surface area contributed by atoms with Crippen molar-refractivity contribution < 1.29 is 27.6 Å². The summed E-state index contributed by atoms with van der Waals surface area (Å²) in [5.41, 5.74) is 0.762. The highest BCUT2D eigenvalue weighted by molar-refractivity contribution is 6.01. The third kappa shape index (κ3) is 4.33. The Bertz CT molecular complexity index is 625. The first kappa shape index (κ1) is 18.0. The van der Waals surface area contributed by atoms with Gasteiger partial charge in [-0.15, -0.1) is 0 Å². The molecule has 8 heteroatoms. The van der Waals surface area contributed by atoms with E-state index < -0.39 is 18.6 Å². The number of amides is 3. The van der Waals surface area contributed by atoms with E-state index in [9.17, 15) is 27.6 Å². The number of benzene rings is 1. The largest absolute Gasteiger partial charge is 0.406 e. The van der Waals surface area contributed by atoms with Gasteiger partial charge in [0.05, 0.1) is 6.54 Å². The molecule has 0 bridgehead atoms. The molecule has 3 amide bonds. The number of imide groups is 1. The van der Waals surface area contributed by atoms with Crippen LogP contribution in [0.3, 0.4) is 0 Å². The lowest BCUT2D eigenvalue weighted by Crippen LogP contribution is -2.38. The van der Waals surface area contributed by atoms with Crippen LogP contribution >= 0.6 is 0 Å². The van der Waals surface area contributed by atoms with Gasteiger partial charge in [-0.05, 0) is 24.6 Å². The molecule has 1 aliphatic heterocycles. The molecule has 0 radical (unpaired) electrons. The van der Waals surface area contributed by atoms with E-state index in [4.69, 9.17) is 0 Å². The number of hydrogen-bond acceptors (Lipinski definition) is 3. The van der Waals surface area contributed by atoms with Gasteiger partial charge in [0.2, 0.25) is 11.8 Å². The first-order valence-corrected chi connectivity index (χ1v) is 7.49. The number of likely N-dealkylation sites (tertiary alicyclic amines) is 1. The summed E-state index contributed by atoms with van der Waals surface area (Å²) >= 11 is 0. The molecule has 1 aromatic carbocycles. The number of alkyl halides is 3. The molecule has 0 N–H and O–H groups in total. The molecule has 1 saturated heterocycles. The summed E-state index contributed by atoms with van der Waals surface area (Å²) < 4.78 is 37.4. The van der Waals surface area contributed by atoms with Gasteiger partial charge in [0, 0.05) is 24.9 Å². The van der Waals surface area contributed by atoms with E-state index in [1.165, 1.54) is 31.2 Å². The Morgan fingerprint density at radius 1 is 1.12 bits per heavy atom. The van der Waals surface area contributed by atoms with Crippen LogP contribution in [0.5, 0.6) is 0 Å². The second-order valence-corrected chi connectivity index (χ2v) is 5.51. The highest BCUT2D eigenvalue weighted by atomic mass is 19.4. The summed E-state index contributed by atoms with van der Waals surface area (Å²) in [4.78, 5) is 37.1. The Morgan fingerprint density at radius 2 is 1.67 bits per heavy atom. The van der Waals surface area contributed by atoms with E-state index in [1.54, 1.807) is 0 Å². The molecule has 1 aromatic rings. The molecule has 2 rings (SSSR count). The highest BCUT2D eigenvalue weighted by Crippen LogP contribution is 2.19. The summed E-state index contributed by atoms with van der Waals surface area (Å²) in [5, 5.41) is 0. The van der Waals surface area contributed by atoms with E-state index in [0.717, 1.165) is 4.90 Å². The summed E-state index contributed by atoms with van der Waals surface area (Å²) in [6.07, 6.45) is -4.07. The molecule has 1 heterocycles. The van der Waals surface area contributed by atoms with Gasteiger partial charge in [-0.3, -0.25) is 19.3 Å². The highest BCUT2D eigenvalue weighted by Gasteiger charge is 2.33. The van der Waals surface area contributed by atoms with Gasteiger partial charge >= 0.3 is 6.18 Å². The van der Waals surface area contributed by atoms with Crippen LogP contribution in [0.25, 0.3) is 0 Å². The Kier molecular flexibility index (Phi) is 5.26. The lowest BCUT2D eigenvalue weighted by Gasteiger charge is -2.22. The minimum atomic E-state index is -4.46. The van der Waals surface area contributed by atoms with E-state index in [-0.39, 0.29) is 43.3 Å². The predicted molar refractivity (Wildman–Crippen MR) is 78.9 cm³/mol. The van der Waals surface area contributed by atoms with Crippen molar-refractivity contribution in [1.82, 2.24) is 9.80 Å². The Hall–Kier alpha value is -2.38. The molecule has 0 spiro atoms. The van der Waals surface area contributed by atoms with E-state index in [0.29, 0.717) is 10.5 Å². The fourth-order valence-electron chi connectivity index (χ4n) is 2.46. The Balaban J connectivity index is 2.06. The van der Waals surface area contributed by atoms with Crippen LogP contribution in [0.1, 0.15) is 35.7 Å². The molecule has 0 atom stereocenters. The molecule has 1 aliphatic rings. The maximum absolute atomic E-state index is 12.5. The van der Waals surface area contributed by atoms with Crippen molar-refractivity contribution in [2.45, 2.75) is 32.5 Å². The summed E-state index contributed by atoms with van der Waals surface area (Å²) in [6.45, 7) is 0.215. The van der Waals surface area contributed by atoms with E-state index in [1.807, 2.05) is 0 Å². The van der Waals surface area contributed by atoms with Crippen LogP contribution in [0.4, 0.5) is 13.2 Å². The number of hydrogen-bond donors (Lipinski definition) is 0. The van der Waals surface area contributed by atoms with Crippen molar-refractivity contribution in [1.29, 1.82) is 0 Å². The first-order valence-electron chi connectivity index (χ1n) is 7.49. The minimum Gasteiger partial charge on any atom is -0.330 e. The van der Waals surface area contributed by atoms with Gasteiger partial charge in [-0.1, -0.05) is 12.1 Å². The SMILES string of the molecule is CCN(CC(F)(F)F)C(=O)c1ccc(CN2C(=O)CCC2=O)cc1. The average molecular weight is 342 g/mol. The van der Waals surface area contributed by atoms with Crippen molar-refractivity contribution in [2.75, 3.05) is 13.1 Å². The average Bonchev–Trinajstić information content (AvgIpc) is 2.84. The number of carbonyl (C=O) groups excluding carboxylic acids is 3. The molecule has 24 heavy (non-hydrogen) atoms. The molecule has 1 fully saturated rings. The second kappa shape index (κ2) is 7.02. The standard InChI is InChI=1S/C16H17F3N2O3/c1-2-20(10-16(17,18)19)15(24)12-5-3-11(4-6-12)9-21-13(22)7-8-14(21)23/h3-6H,2,7-10H2,1H3. The van der Waals surface area contributed by atoms with Gasteiger partial charge in [-0.2, -0.15) is 13.2 Å². The summed E-state index contributed by atoms with van der Waals surface area (Å²) in [7, 11) is 0. The van der Waals surface area contributed by atoms with Gasteiger partial charge in [0.25, 0.3) is 5.91 Å². The molecule has 130 valence electrons. The number of rotatable bonds is 5. The normalized spacial score (nSPS) is 15.1. The van der Waals surface area contributed by atoms with Gasteiger partial charge < -0.3 is 4.90 Å². The van der Waals surface area contributed by atoms with Crippen LogP contribution in [0, 0.1) is 0 Å². The van der Waals surface area contributed by atoms with Gasteiger partial charge in [0.15, 0.2) is 0 Å². The number of nitrogens with zero attached hydrogens (tertiary/aromatic N) is 2. The molecule has 5 nitrogen and oxygen atoms in total. The van der Waals surface area contributed by atoms with Crippen LogP contribution in [-0.2, 0) is 16.1 Å². The molecule has 0 saturated carbocycles. The van der Waals surface area contributed by atoms with Crippen molar-refractivity contribution in [3.05, 3.63) is 35.4 Å². The quantitative estimate of drug-likeness (QED) is 0.772. The zero-order valence-corrected chi connectivity index (χ0v) is 13.1. The molecule has 0 unspecified atom stereocenters. The monoisotopic (exact) mass is 342 g/mol. The maximum Gasteiger partial charge on any atom is 0.406 e. The smallest absolute Gasteiger partial charge is 0.330 e. The van der Waals surface area contributed by atoms with E-state index >= 15 is 0 Å². The van der Waals surface area contributed by atoms with Crippen molar-refractivity contribution >= 4 is 17.7 Å². The lowest BCUT2D eigenvalue weighted by molar-refractivity contribution is -0.140. The fraction of sp³-hybridized carbons (Fsp3) is 0.438. The topological polar surface area (TPSA) is 57.7 Å². The third-order valence-electron chi connectivity index (χ3n) is 3.74. The van der Waals surface area contributed by atoms with Crippen LogP contribution in [0.2, 0.25) is 0 Å². The van der Waals surface area contributed by atoms with Gasteiger partial charge in [-0.25, -0.2) is 0 Å². The summed E-state index contributed by atoms with van der Waals surface area (Å²) in [6, 6.07) is 5.88. The molecule has 0 aromatic heterocycles.